The molecule has 0 aromatic heterocycles. The second-order valence-corrected chi connectivity index (χ2v) is 7.72. The predicted molar refractivity (Wildman–Crippen MR) is 93.7 cm³/mol. The van der Waals surface area contributed by atoms with Crippen LogP contribution in [0, 0.1) is 5.92 Å². The van der Waals surface area contributed by atoms with E-state index in [9.17, 15) is 9.59 Å². The SMILES string of the molecule is CN1C2CCC1CN(C(=O)NCCNC(=O)CC1CCCC1)CC2. The average molecular weight is 336 g/mol. The van der Waals surface area contributed by atoms with Crippen LogP contribution < -0.4 is 10.6 Å². The molecule has 2 heterocycles. The molecule has 2 atom stereocenters. The van der Waals surface area contributed by atoms with Crippen LogP contribution >= 0.6 is 0 Å². The van der Waals surface area contributed by atoms with Gasteiger partial charge in [-0.3, -0.25) is 9.69 Å². The van der Waals surface area contributed by atoms with Crippen LogP contribution in [0.3, 0.4) is 0 Å². The van der Waals surface area contributed by atoms with Crippen LogP contribution in [0.2, 0.25) is 0 Å². The van der Waals surface area contributed by atoms with Crippen molar-refractivity contribution in [2.24, 2.45) is 5.92 Å². The number of hydrogen-bond acceptors (Lipinski definition) is 3. The van der Waals surface area contributed by atoms with Crippen molar-refractivity contribution in [1.82, 2.24) is 20.4 Å². The lowest BCUT2D eigenvalue weighted by Gasteiger charge is -2.26. The van der Waals surface area contributed by atoms with Crippen LogP contribution in [0.5, 0.6) is 0 Å². The average Bonchev–Trinajstić information content (AvgIpc) is 3.12. The van der Waals surface area contributed by atoms with E-state index in [-0.39, 0.29) is 11.9 Å². The summed E-state index contributed by atoms with van der Waals surface area (Å²) < 4.78 is 0. The molecule has 136 valence electrons. The molecule has 0 aromatic carbocycles. The van der Waals surface area contributed by atoms with Gasteiger partial charge in [-0.15, -0.1) is 0 Å². The molecule has 2 bridgehead atoms. The van der Waals surface area contributed by atoms with Gasteiger partial charge >= 0.3 is 6.03 Å². The fourth-order valence-corrected chi connectivity index (χ4v) is 4.53. The molecule has 2 N–H and O–H groups in total. The molecule has 1 saturated carbocycles. The Morgan fingerprint density at radius 2 is 1.67 bits per heavy atom. The lowest BCUT2D eigenvalue weighted by Crippen LogP contribution is -2.46. The van der Waals surface area contributed by atoms with Gasteiger partial charge in [0.1, 0.15) is 0 Å². The van der Waals surface area contributed by atoms with Crippen molar-refractivity contribution in [1.29, 1.82) is 0 Å². The van der Waals surface area contributed by atoms with E-state index < -0.39 is 0 Å². The van der Waals surface area contributed by atoms with Gasteiger partial charge in [0, 0.05) is 44.7 Å². The van der Waals surface area contributed by atoms with E-state index in [0.29, 0.717) is 37.5 Å². The Hall–Kier alpha value is -1.30. The summed E-state index contributed by atoms with van der Waals surface area (Å²) in [5, 5.41) is 5.89. The first-order valence-corrected chi connectivity index (χ1v) is 9.65. The topological polar surface area (TPSA) is 64.7 Å². The second kappa shape index (κ2) is 8.19. The van der Waals surface area contributed by atoms with E-state index in [2.05, 4.69) is 22.6 Å². The van der Waals surface area contributed by atoms with Gasteiger partial charge in [-0.05, 0) is 45.1 Å². The van der Waals surface area contributed by atoms with Crippen molar-refractivity contribution in [3.63, 3.8) is 0 Å². The highest BCUT2D eigenvalue weighted by molar-refractivity contribution is 5.76. The van der Waals surface area contributed by atoms with Gasteiger partial charge in [0.2, 0.25) is 5.91 Å². The minimum absolute atomic E-state index is 0.0148. The van der Waals surface area contributed by atoms with Crippen molar-refractivity contribution in [3.05, 3.63) is 0 Å². The minimum Gasteiger partial charge on any atom is -0.354 e. The van der Waals surface area contributed by atoms with Gasteiger partial charge in [-0.1, -0.05) is 12.8 Å². The van der Waals surface area contributed by atoms with Gasteiger partial charge in [0.25, 0.3) is 0 Å². The fourth-order valence-electron chi connectivity index (χ4n) is 4.53. The van der Waals surface area contributed by atoms with Crippen LogP contribution in [-0.4, -0.2) is 67.0 Å². The predicted octanol–water partition coefficient (Wildman–Crippen LogP) is 1.56. The van der Waals surface area contributed by atoms with Gasteiger partial charge in [0.15, 0.2) is 0 Å². The van der Waals surface area contributed by atoms with Crippen molar-refractivity contribution in [3.8, 4) is 0 Å². The molecule has 6 heteroatoms. The second-order valence-electron chi connectivity index (χ2n) is 7.72. The number of fused-ring (bicyclic) bond motifs is 2. The Kier molecular flexibility index (Phi) is 5.98. The number of likely N-dealkylation sites (tertiary alicyclic amines) is 1. The third kappa shape index (κ3) is 4.41. The molecule has 3 fully saturated rings. The molecule has 24 heavy (non-hydrogen) atoms. The van der Waals surface area contributed by atoms with Gasteiger partial charge in [-0.25, -0.2) is 4.79 Å². The van der Waals surface area contributed by atoms with Crippen molar-refractivity contribution in [2.75, 3.05) is 33.2 Å². The lowest BCUT2D eigenvalue weighted by molar-refractivity contribution is -0.121. The molecular weight excluding hydrogens is 304 g/mol. The zero-order chi connectivity index (χ0) is 16.9. The molecule has 0 aromatic rings. The van der Waals surface area contributed by atoms with E-state index in [4.69, 9.17) is 0 Å². The summed E-state index contributed by atoms with van der Waals surface area (Å²) in [6, 6.07) is 1.16. The Bertz CT molecular complexity index is 450. The molecule has 0 radical (unpaired) electrons. The zero-order valence-corrected chi connectivity index (χ0v) is 14.9. The number of hydrogen-bond donors (Lipinski definition) is 2. The Morgan fingerprint density at radius 3 is 2.46 bits per heavy atom. The zero-order valence-electron chi connectivity index (χ0n) is 14.9. The third-order valence-corrected chi connectivity index (χ3v) is 6.11. The van der Waals surface area contributed by atoms with Crippen LogP contribution in [0.1, 0.15) is 51.4 Å². The number of amides is 3. The van der Waals surface area contributed by atoms with Crippen LogP contribution in [0.4, 0.5) is 4.79 Å². The summed E-state index contributed by atoms with van der Waals surface area (Å²) in [5.41, 5.74) is 0. The molecular formula is C18H32N4O2. The van der Waals surface area contributed by atoms with E-state index in [1.807, 2.05) is 4.90 Å². The fraction of sp³-hybridized carbons (Fsp3) is 0.889. The maximum atomic E-state index is 12.3. The highest BCUT2D eigenvalue weighted by Gasteiger charge is 2.35. The molecule has 0 spiro atoms. The van der Waals surface area contributed by atoms with Gasteiger partial charge in [-0.2, -0.15) is 0 Å². The van der Waals surface area contributed by atoms with E-state index >= 15 is 0 Å². The number of likely N-dealkylation sites (N-methyl/N-ethyl adjacent to an activating group) is 1. The third-order valence-electron chi connectivity index (χ3n) is 6.11. The molecule has 2 saturated heterocycles. The van der Waals surface area contributed by atoms with Gasteiger partial charge < -0.3 is 15.5 Å². The highest BCUT2D eigenvalue weighted by Crippen LogP contribution is 2.28. The Balaban J connectivity index is 1.31. The molecule has 2 unspecified atom stereocenters. The Morgan fingerprint density at radius 1 is 0.958 bits per heavy atom. The first kappa shape index (κ1) is 17.5. The highest BCUT2D eigenvalue weighted by atomic mass is 16.2. The molecule has 2 aliphatic heterocycles. The number of carbonyl (C=O) groups excluding carboxylic acids is 2. The first-order chi connectivity index (χ1) is 11.6. The lowest BCUT2D eigenvalue weighted by atomic mass is 10.0. The van der Waals surface area contributed by atoms with Crippen molar-refractivity contribution >= 4 is 11.9 Å². The summed E-state index contributed by atoms with van der Waals surface area (Å²) in [7, 11) is 2.18. The summed E-state index contributed by atoms with van der Waals surface area (Å²) in [4.78, 5) is 28.6. The van der Waals surface area contributed by atoms with Crippen LogP contribution in [-0.2, 0) is 4.79 Å². The number of rotatable bonds is 5. The van der Waals surface area contributed by atoms with E-state index in [1.165, 1.54) is 38.5 Å². The molecule has 6 nitrogen and oxygen atoms in total. The number of nitrogens with one attached hydrogen (secondary N) is 2. The maximum absolute atomic E-state index is 12.3. The summed E-state index contributed by atoms with van der Waals surface area (Å²) in [6.07, 6.45) is 9.09. The number of carbonyl (C=O) groups is 2. The smallest absolute Gasteiger partial charge is 0.317 e. The van der Waals surface area contributed by atoms with Crippen LogP contribution in [0.15, 0.2) is 0 Å². The van der Waals surface area contributed by atoms with E-state index in [1.54, 1.807) is 0 Å². The number of urea groups is 1. The molecule has 1 aliphatic carbocycles. The summed E-state index contributed by atoms with van der Waals surface area (Å²) >= 11 is 0. The van der Waals surface area contributed by atoms with Crippen molar-refractivity contribution in [2.45, 2.75) is 63.5 Å². The Labute approximate surface area is 145 Å². The van der Waals surface area contributed by atoms with Crippen LogP contribution in [0.25, 0.3) is 0 Å². The summed E-state index contributed by atoms with van der Waals surface area (Å²) in [5.74, 6) is 0.703. The monoisotopic (exact) mass is 336 g/mol. The van der Waals surface area contributed by atoms with E-state index in [0.717, 1.165) is 19.5 Å². The minimum atomic E-state index is 0.0148. The normalized spacial score (nSPS) is 28.0. The number of nitrogens with zero attached hydrogens (tertiary/aromatic N) is 2. The first-order valence-electron chi connectivity index (χ1n) is 9.65. The maximum Gasteiger partial charge on any atom is 0.317 e. The molecule has 3 aliphatic rings. The quantitative estimate of drug-likeness (QED) is 0.749. The summed E-state index contributed by atoms with van der Waals surface area (Å²) in [6.45, 7) is 2.70. The molecule has 3 amide bonds. The largest absolute Gasteiger partial charge is 0.354 e. The molecule has 3 rings (SSSR count). The van der Waals surface area contributed by atoms with Gasteiger partial charge in [0.05, 0.1) is 0 Å². The standard InChI is InChI=1S/C18H32N4O2/c1-21-15-6-7-16(21)13-22(11-8-15)18(24)20-10-9-19-17(23)12-14-4-2-3-5-14/h14-16H,2-13H2,1H3,(H,19,23)(H,20,24). The van der Waals surface area contributed by atoms with Crippen molar-refractivity contribution < 1.29 is 9.59 Å².